The minimum absolute atomic E-state index is 0.111. The highest BCUT2D eigenvalue weighted by molar-refractivity contribution is 5.97. The van der Waals surface area contributed by atoms with Gasteiger partial charge in [-0.2, -0.15) is 0 Å². The molecule has 6 heteroatoms. The summed E-state index contributed by atoms with van der Waals surface area (Å²) in [6, 6.07) is 5.93. The molecule has 0 spiro atoms. The molecule has 2 fully saturated rings. The van der Waals surface area contributed by atoms with Gasteiger partial charge >= 0.3 is 5.76 Å². The Morgan fingerprint density at radius 2 is 2.18 bits per heavy atom. The van der Waals surface area contributed by atoms with E-state index in [-0.39, 0.29) is 11.9 Å². The standard InChI is InChI=1S/C16H19N3O3/c1-9-7-19(11-3-4-11)8-13(9)17-15(20)10-2-5-12-14(6-10)22-16(21)18-12/h2,5-6,9,11,13H,3-4,7-8H2,1H3,(H,17,20)(H,18,21)/t9-,13+/m0/s1. The number of nitrogens with zero attached hydrogens (tertiary/aromatic N) is 1. The Balaban J connectivity index is 1.49. The largest absolute Gasteiger partial charge is 0.417 e. The van der Waals surface area contributed by atoms with Crippen LogP contribution in [0.15, 0.2) is 27.4 Å². The van der Waals surface area contributed by atoms with E-state index in [4.69, 9.17) is 4.42 Å². The number of likely N-dealkylation sites (tertiary alicyclic amines) is 1. The molecule has 2 atom stereocenters. The summed E-state index contributed by atoms with van der Waals surface area (Å²) in [5.74, 6) is -0.157. The number of fused-ring (bicyclic) bond motifs is 1. The summed E-state index contributed by atoms with van der Waals surface area (Å²) in [6.07, 6.45) is 2.58. The molecule has 1 amide bonds. The normalized spacial score (nSPS) is 25.7. The van der Waals surface area contributed by atoms with Gasteiger partial charge in [0.15, 0.2) is 5.58 Å². The molecule has 1 aliphatic heterocycles. The van der Waals surface area contributed by atoms with Crippen LogP contribution in [0.5, 0.6) is 0 Å². The third-order valence-corrected chi connectivity index (χ3v) is 4.70. The maximum Gasteiger partial charge on any atom is 0.417 e. The Morgan fingerprint density at radius 1 is 1.36 bits per heavy atom. The zero-order valence-electron chi connectivity index (χ0n) is 12.5. The molecule has 0 bridgehead atoms. The van der Waals surface area contributed by atoms with Crippen LogP contribution in [0, 0.1) is 5.92 Å². The van der Waals surface area contributed by atoms with E-state index in [0.717, 1.165) is 19.1 Å². The number of H-pyrrole nitrogens is 1. The van der Waals surface area contributed by atoms with E-state index in [9.17, 15) is 9.59 Å². The van der Waals surface area contributed by atoms with E-state index < -0.39 is 5.76 Å². The molecule has 0 unspecified atom stereocenters. The van der Waals surface area contributed by atoms with Crippen molar-refractivity contribution in [1.29, 1.82) is 0 Å². The van der Waals surface area contributed by atoms with Crippen LogP contribution in [0.4, 0.5) is 0 Å². The summed E-state index contributed by atoms with van der Waals surface area (Å²) >= 11 is 0. The van der Waals surface area contributed by atoms with Crippen molar-refractivity contribution < 1.29 is 9.21 Å². The highest BCUT2D eigenvalue weighted by Crippen LogP contribution is 2.31. The number of carbonyl (C=O) groups is 1. The quantitative estimate of drug-likeness (QED) is 0.896. The Hall–Kier alpha value is -2.08. The minimum atomic E-state index is -0.503. The number of amides is 1. The van der Waals surface area contributed by atoms with Gasteiger partial charge in [-0.25, -0.2) is 4.79 Å². The van der Waals surface area contributed by atoms with E-state index >= 15 is 0 Å². The molecule has 1 aromatic heterocycles. The van der Waals surface area contributed by atoms with Crippen LogP contribution in [0.2, 0.25) is 0 Å². The fraction of sp³-hybridized carbons (Fsp3) is 0.500. The summed E-state index contributed by atoms with van der Waals surface area (Å²) in [4.78, 5) is 28.6. The molecule has 1 aromatic carbocycles. The van der Waals surface area contributed by atoms with Gasteiger partial charge < -0.3 is 9.73 Å². The molecular formula is C16H19N3O3. The lowest BCUT2D eigenvalue weighted by Crippen LogP contribution is -2.40. The van der Waals surface area contributed by atoms with Crippen LogP contribution in [-0.4, -0.2) is 41.0 Å². The Labute approximate surface area is 127 Å². The van der Waals surface area contributed by atoms with Gasteiger partial charge in [0.05, 0.1) is 5.52 Å². The summed E-state index contributed by atoms with van der Waals surface area (Å²) in [5.41, 5.74) is 1.54. The Bertz CT molecular complexity index is 774. The average Bonchev–Trinajstić information content (AvgIpc) is 3.17. The third kappa shape index (κ3) is 2.43. The lowest BCUT2D eigenvalue weighted by Gasteiger charge is -2.17. The van der Waals surface area contributed by atoms with E-state index in [0.29, 0.717) is 22.6 Å². The first-order chi connectivity index (χ1) is 10.6. The van der Waals surface area contributed by atoms with Gasteiger partial charge in [0.25, 0.3) is 5.91 Å². The molecular weight excluding hydrogens is 282 g/mol. The third-order valence-electron chi connectivity index (χ3n) is 4.70. The van der Waals surface area contributed by atoms with E-state index in [1.807, 2.05) is 0 Å². The number of hydrogen-bond acceptors (Lipinski definition) is 4. The molecule has 2 aromatic rings. The Kier molecular flexibility index (Phi) is 3.07. The van der Waals surface area contributed by atoms with Crippen LogP contribution >= 0.6 is 0 Å². The predicted octanol–water partition coefficient (Wildman–Crippen LogP) is 1.33. The number of aromatic amines is 1. The molecule has 4 rings (SSSR count). The number of benzene rings is 1. The molecule has 2 heterocycles. The smallest absolute Gasteiger partial charge is 0.408 e. The second-order valence-electron chi connectivity index (χ2n) is 6.47. The molecule has 116 valence electrons. The second kappa shape index (κ2) is 4.98. The van der Waals surface area contributed by atoms with Crippen molar-refractivity contribution in [3.05, 3.63) is 34.3 Å². The van der Waals surface area contributed by atoms with Crippen LogP contribution in [0.25, 0.3) is 11.1 Å². The molecule has 2 aliphatic rings. The topological polar surface area (TPSA) is 78.3 Å². The lowest BCUT2D eigenvalue weighted by atomic mass is 10.1. The van der Waals surface area contributed by atoms with Gasteiger partial charge in [-0.1, -0.05) is 6.92 Å². The number of carbonyl (C=O) groups excluding carboxylic acids is 1. The summed E-state index contributed by atoms with van der Waals surface area (Å²) < 4.78 is 5.01. The van der Waals surface area contributed by atoms with Gasteiger partial charge in [0.2, 0.25) is 0 Å². The molecule has 0 radical (unpaired) electrons. The van der Waals surface area contributed by atoms with Gasteiger partial charge in [0, 0.05) is 30.7 Å². The summed E-state index contributed by atoms with van der Waals surface area (Å²) in [7, 11) is 0. The first-order valence-electron chi connectivity index (χ1n) is 7.78. The molecule has 6 nitrogen and oxygen atoms in total. The van der Waals surface area contributed by atoms with Gasteiger partial charge in [0.1, 0.15) is 0 Å². The van der Waals surface area contributed by atoms with Crippen molar-refractivity contribution in [3.63, 3.8) is 0 Å². The number of aromatic nitrogens is 1. The van der Waals surface area contributed by atoms with Crippen LogP contribution in [0.1, 0.15) is 30.1 Å². The number of hydrogen-bond donors (Lipinski definition) is 2. The Morgan fingerprint density at radius 3 is 2.95 bits per heavy atom. The molecule has 22 heavy (non-hydrogen) atoms. The SMILES string of the molecule is C[C@H]1CN(C2CC2)C[C@H]1NC(=O)c1ccc2[nH]c(=O)oc2c1. The van der Waals surface area contributed by atoms with Crippen molar-refractivity contribution in [2.75, 3.05) is 13.1 Å². The number of rotatable bonds is 3. The van der Waals surface area contributed by atoms with Crippen LogP contribution in [0.3, 0.4) is 0 Å². The number of oxazole rings is 1. The van der Waals surface area contributed by atoms with Crippen LogP contribution < -0.4 is 11.1 Å². The molecule has 2 N–H and O–H groups in total. The maximum absolute atomic E-state index is 12.4. The first-order valence-corrected chi connectivity index (χ1v) is 7.78. The predicted molar refractivity (Wildman–Crippen MR) is 81.8 cm³/mol. The van der Waals surface area contributed by atoms with Crippen molar-refractivity contribution in [2.24, 2.45) is 5.92 Å². The molecule has 1 saturated heterocycles. The average molecular weight is 301 g/mol. The van der Waals surface area contributed by atoms with Crippen molar-refractivity contribution in [1.82, 2.24) is 15.2 Å². The minimum Gasteiger partial charge on any atom is -0.408 e. The van der Waals surface area contributed by atoms with Crippen molar-refractivity contribution in [2.45, 2.75) is 31.8 Å². The van der Waals surface area contributed by atoms with Gasteiger partial charge in [-0.3, -0.25) is 14.7 Å². The van der Waals surface area contributed by atoms with Gasteiger partial charge in [-0.05, 0) is 37.0 Å². The van der Waals surface area contributed by atoms with Crippen molar-refractivity contribution in [3.8, 4) is 0 Å². The highest BCUT2D eigenvalue weighted by atomic mass is 16.4. The fourth-order valence-electron chi connectivity index (χ4n) is 3.27. The second-order valence-corrected chi connectivity index (χ2v) is 6.47. The summed E-state index contributed by atoms with van der Waals surface area (Å²) in [6.45, 7) is 4.17. The zero-order chi connectivity index (χ0) is 15.3. The fourth-order valence-corrected chi connectivity index (χ4v) is 3.27. The van der Waals surface area contributed by atoms with E-state index in [1.165, 1.54) is 12.8 Å². The lowest BCUT2D eigenvalue weighted by molar-refractivity contribution is 0.0931. The maximum atomic E-state index is 12.4. The monoisotopic (exact) mass is 301 g/mol. The van der Waals surface area contributed by atoms with Crippen molar-refractivity contribution >= 4 is 17.0 Å². The van der Waals surface area contributed by atoms with E-state index in [1.54, 1.807) is 18.2 Å². The molecule has 1 saturated carbocycles. The highest BCUT2D eigenvalue weighted by Gasteiger charge is 2.38. The van der Waals surface area contributed by atoms with Gasteiger partial charge in [-0.15, -0.1) is 0 Å². The van der Waals surface area contributed by atoms with Crippen LogP contribution in [-0.2, 0) is 0 Å². The zero-order valence-corrected chi connectivity index (χ0v) is 12.5. The molecule has 1 aliphatic carbocycles. The number of nitrogens with one attached hydrogen (secondary N) is 2. The first kappa shape index (κ1) is 13.6. The summed E-state index contributed by atoms with van der Waals surface area (Å²) in [5, 5.41) is 3.12. The van der Waals surface area contributed by atoms with E-state index in [2.05, 4.69) is 22.1 Å².